The zero-order chi connectivity index (χ0) is 12.0. The summed E-state index contributed by atoms with van der Waals surface area (Å²) in [5, 5.41) is 0.576. The van der Waals surface area contributed by atoms with Crippen molar-refractivity contribution >= 4 is 15.9 Å². The van der Waals surface area contributed by atoms with Crippen LogP contribution in [0.2, 0.25) is 0 Å². The minimum atomic E-state index is -4.10. The van der Waals surface area contributed by atoms with Gasteiger partial charge in [0.2, 0.25) is 0 Å². The van der Waals surface area contributed by atoms with Crippen LogP contribution in [0.1, 0.15) is 12.8 Å². The minimum Gasteiger partial charge on any atom is -0.381 e. The fraction of sp³-hybridized carbons (Fsp3) is 1.00. The van der Waals surface area contributed by atoms with Crippen LogP contribution in [0, 0.1) is 5.92 Å². The van der Waals surface area contributed by atoms with Crippen molar-refractivity contribution in [3.05, 3.63) is 0 Å². The number of nitrogens with zero attached hydrogens (tertiary/aromatic N) is 1. The van der Waals surface area contributed by atoms with Gasteiger partial charge in [-0.25, -0.2) is 0 Å². The first-order chi connectivity index (χ1) is 7.51. The van der Waals surface area contributed by atoms with Crippen LogP contribution in [0.25, 0.3) is 0 Å². The van der Waals surface area contributed by atoms with E-state index in [9.17, 15) is 13.2 Å². The lowest BCUT2D eigenvalue weighted by atomic mass is 10.00. The molecule has 1 aliphatic rings. The van der Waals surface area contributed by atoms with Gasteiger partial charge in [0.1, 0.15) is 0 Å². The number of alkyl halides is 4. The zero-order valence-corrected chi connectivity index (χ0v) is 10.7. The van der Waals surface area contributed by atoms with E-state index >= 15 is 0 Å². The summed E-state index contributed by atoms with van der Waals surface area (Å²) < 4.78 is 42.1. The highest BCUT2D eigenvalue weighted by Gasteiger charge is 2.31. The Balaban J connectivity index is 2.36. The second-order valence-corrected chi connectivity index (χ2v) is 4.89. The van der Waals surface area contributed by atoms with Crippen molar-refractivity contribution < 1.29 is 17.9 Å². The fourth-order valence-corrected chi connectivity index (χ4v) is 2.40. The first-order valence-corrected chi connectivity index (χ1v) is 6.56. The van der Waals surface area contributed by atoms with E-state index in [2.05, 4.69) is 15.9 Å². The highest BCUT2D eigenvalue weighted by molar-refractivity contribution is 9.09. The highest BCUT2D eigenvalue weighted by atomic mass is 79.9. The van der Waals surface area contributed by atoms with Crippen molar-refractivity contribution in [2.45, 2.75) is 19.0 Å². The molecular weight excluding hydrogens is 287 g/mol. The SMILES string of the molecule is FC(F)(F)CN(CCBr)CC1CCOCC1. The van der Waals surface area contributed by atoms with E-state index in [0.717, 1.165) is 12.8 Å². The normalized spacial score (nSPS) is 19.3. The van der Waals surface area contributed by atoms with Crippen LogP contribution < -0.4 is 0 Å². The van der Waals surface area contributed by atoms with Gasteiger partial charge >= 0.3 is 6.18 Å². The van der Waals surface area contributed by atoms with Gasteiger partial charge in [-0.2, -0.15) is 13.2 Å². The molecule has 0 atom stereocenters. The lowest BCUT2D eigenvalue weighted by Gasteiger charge is -2.29. The van der Waals surface area contributed by atoms with Gasteiger partial charge in [0.25, 0.3) is 0 Å². The average Bonchev–Trinajstić information content (AvgIpc) is 2.17. The van der Waals surface area contributed by atoms with Crippen LogP contribution in [0.15, 0.2) is 0 Å². The van der Waals surface area contributed by atoms with Crippen molar-refractivity contribution in [1.82, 2.24) is 4.90 Å². The second-order valence-electron chi connectivity index (χ2n) is 4.10. The zero-order valence-electron chi connectivity index (χ0n) is 9.10. The molecule has 0 bridgehead atoms. The first-order valence-electron chi connectivity index (χ1n) is 5.44. The summed E-state index contributed by atoms with van der Waals surface area (Å²) in [6.45, 7) is 1.51. The molecule has 0 aromatic heterocycles. The van der Waals surface area contributed by atoms with Crippen molar-refractivity contribution in [3.63, 3.8) is 0 Å². The van der Waals surface area contributed by atoms with Crippen LogP contribution >= 0.6 is 15.9 Å². The van der Waals surface area contributed by atoms with Gasteiger partial charge in [0.15, 0.2) is 0 Å². The van der Waals surface area contributed by atoms with Crippen LogP contribution in [0.5, 0.6) is 0 Å². The molecule has 2 nitrogen and oxygen atoms in total. The van der Waals surface area contributed by atoms with Gasteiger partial charge in [0, 0.05) is 31.6 Å². The molecule has 1 heterocycles. The largest absolute Gasteiger partial charge is 0.401 e. The lowest BCUT2D eigenvalue weighted by Crippen LogP contribution is -2.39. The molecule has 0 aliphatic carbocycles. The van der Waals surface area contributed by atoms with E-state index in [-0.39, 0.29) is 0 Å². The summed E-state index contributed by atoms with van der Waals surface area (Å²) in [7, 11) is 0. The summed E-state index contributed by atoms with van der Waals surface area (Å²) in [6, 6.07) is 0. The Bertz CT molecular complexity index is 195. The molecule has 96 valence electrons. The molecule has 0 unspecified atom stereocenters. The number of rotatable bonds is 5. The fourth-order valence-electron chi connectivity index (χ4n) is 1.90. The molecule has 1 saturated heterocycles. The third kappa shape index (κ3) is 6.06. The number of ether oxygens (including phenoxy) is 1. The number of halogens is 4. The van der Waals surface area contributed by atoms with Gasteiger partial charge in [0.05, 0.1) is 6.54 Å². The predicted octanol–water partition coefficient (Wildman–Crippen LogP) is 2.67. The highest BCUT2D eigenvalue weighted by Crippen LogP contribution is 2.20. The quantitative estimate of drug-likeness (QED) is 0.724. The van der Waals surface area contributed by atoms with Crippen molar-refractivity contribution in [2.24, 2.45) is 5.92 Å². The summed E-state index contributed by atoms with van der Waals surface area (Å²) in [5.74, 6) is 0.343. The molecular formula is C10H17BrF3NO. The Labute approximate surface area is 102 Å². The Morgan fingerprint density at radius 2 is 1.88 bits per heavy atom. The first kappa shape index (κ1) is 14.3. The van der Waals surface area contributed by atoms with E-state index in [0.29, 0.717) is 37.6 Å². The van der Waals surface area contributed by atoms with E-state index < -0.39 is 12.7 Å². The Morgan fingerprint density at radius 3 is 2.38 bits per heavy atom. The van der Waals surface area contributed by atoms with Crippen LogP contribution in [0.3, 0.4) is 0 Å². The van der Waals surface area contributed by atoms with Crippen LogP contribution in [-0.2, 0) is 4.74 Å². The summed E-state index contributed by atoms with van der Waals surface area (Å²) in [6.07, 6.45) is -2.36. The molecule has 0 saturated carbocycles. The van der Waals surface area contributed by atoms with Gasteiger partial charge < -0.3 is 4.74 Å². The molecule has 0 amide bonds. The average molecular weight is 304 g/mol. The van der Waals surface area contributed by atoms with Gasteiger partial charge in [-0.3, -0.25) is 4.90 Å². The molecule has 1 rings (SSSR count). The van der Waals surface area contributed by atoms with Crippen LogP contribution in [0.4, 0.5) is 13.2 Å². The van der Waals surface area contributed by atoms with Crippen molar-refractivity contribution in [3.8, 4) is 0 Å². The molecule has 1 aliphatic heterocycles. The topological polar surface area (TPSA) is 12.5 Å². The maximum atomic E-state index is 12.3. The Kier molecular flexibility index (Phi) is 6.07. The molecule has 0 aromatic rings. The third-order valence-electron chi connectivity index (χ3n) is 2.66. The standard InChI is InChI=1S/C10H17BrF3NO/c11-3-4-15(8-10(12,13)14)7-9-1-5-16-6-2-9/h9H,1-8H2. The molecule has 6 heteroatoms. The van der Waals surface area contributed by atoms with Crippen LogP contribution in [-0.4, -0.2) is 49.3 Å². The van der Waals surface area contributed by atoms with Crippen molar-refractivity contribution in [2.75, 3.05) is 38.2 Å². The number of hydrogen-bond donors (Lipinski definition) is 0. The second kappa shape index (κ2) is 6.81. The maximum Gasteiger partial charge on any atom is 0.401 e. The van der Waals surface area contributed by atoms with E-state index in [1.807, 2.05) is 0 Å². The van der Waals surface area contributed by atoms with E-state index in [1.54, 1.807) is 0 Å². The van der Waals surface area contributed by atoms with Crippen molar-refractivity contribution in [1.29, 1.82) is 0 Å². The summed E-state index contributed by atoms with van der Waals surface area (Å²) >= 11 is 3.19. The monoisotopic (exact) mass is 303 g/mol. The Hall–Kier alpha value is 0.190. The molecule has 0 radical (unpaired) electrons. The smallest absolute Gasteiger partial charge is 0.381 e. The third-order valence-corrected chi connectivity index (χ3v) is 3.02. The molecule has 0 aromatic carbocycles. The molecule has 0 spiro atoms. The molecule has 0 N–H and O–H groups in total. The Morgan fingerprint density at radius 1 is 1.25 bits per heavy atom. The van der Waals surface area contributed by atoms with E-state index in [4.69, 9.17) is 4.74 Å². The van der Waals surface area contributed by atoms with Gasteiger partial charge in [-0.05, 0) is 18.8 Å². The molecule has 16 heavy (non-hydrogen) atoms. The summed E-state index contributed by atoms with van der Waals surface area (Å²) in [5.41, 5.74) is 0. The summed E-state index contributed by atoms with van der Waals surface area (Å²) in [4.78, 5) is 1.48. The number of hydrogen-bond acceptors (Lipinski definition) is 2. The van der Waals surface area contributed by atoms with Gasteiger partial charge in [-0.15, -0.1) is 0 Å². The maximum absolute atomic E-state index is 12.3. The van der Waals surface area contributed by atoms with E-state index in [1.165, 1.54) is 4.90 Å². The minimum absolute atomic E-state index is 0.343. The predicted molar refractivity (Wildman–Crippen MR) is 59.8 cm³/mol. The van der Waals surface area contributed by atoms with Gasteiger partial charge in [-0.1, -0.05) is 15.9 Å². The lowest BCUT2D eigenvalue weighted by molar-refractivity contribution is -0.147. The molecule has 1 fully saturated rings.